The number of piperidine rings is 1. The van der Waals surface area contributed by atoms with E-state index in [0.717, 1.165) is 50.7 Å². The fourth-order valence-electron chi connectivity index (χ4n) is 5.73. The number of ether oxygens (including phenoxy) is 2. The van der Waals surface area contributed by atoms with Gasteiger partial charge in [0, 0.05) is 43.0 Å². The lowest BCUT2D eigenvalue weighted by atomic mass is 10.1. The predicted octanol–water partition coefficient (Wildman–Crippen LogP) is 3.29. The summed E-state index contributed by atoms with van der Waals surface area (Å²) in [6.07, 6.45) is 8.45. The summed E-state index contributed by atoms with van der Waals surface area (Å²) in [5.74, 6) is 2.76. The van der Waals surface area contributed by atoms with E-state index in [1.807, 2.05) is 0 Å². The number of alkyl halides is 2. The molecule has 2 aliphatic heterocycles. The van der Waals surface area contributed by atoms with Crippen molar-refractivity contribution in [1.82, 2.24) is 19.4 Å². The van der Waals surface area contributed by atoms with Crippen LogP contribution in [-0.4, -0.2) is 58.4 Å². The molecule has 4 aliphatic rings. The largest absolute Gasteiger partial charge is 0.431 e. The van der Waals surface area contributed by atoms with Crippen LogP contribution in [0.15, 0.2) is 18.5 Å². The highest BCUT2D eigenvalue weighted by molar-refractivity contribution is 5.64. The second kappa shape index (κ2) is 7.41. The van der Waals surface area contributed by atoms with Gasteiger partial charge in [-0.05, 0) is 30.7 Å². The van der Waals surface area contributed by atoms with Crippen molar-refractivity contribution in [3.8, 4) is 17.0 Å². The van der Waals surface area contributed by atoms with E-state index < -0.39 is 6.61 Å². The zero-order valence-corrected chi connectivity index (χ0v) is 17.3. The fraction of sp³-hybridized carbons (Fsp3) is 0.636. The fourth-order valence-corrected chi connectivity index (χ4v) is 5.73. The molecule has 3 atom stereocenters. The Morgan fingerprint density at radius 1 is 1.16 bits per heavy atom. The molecule has 0 spiro atoms. The van der Waals surface area contributed by atoms with E-state index in [0.29, 0.717) is 35.4 Å². The van der Waals surface area contributed by atoms with Crippen molar-refractivity contribution in [1.29, 1.82) is 0 Å². The zero-order chi connectivity index (χ0) is 21.1. The SMILES string of the molecule is Nc1ncc(-c2cn([C@H]3[C@@H]4CN(C5COC5)C[C@@H]43)c(C3CCCC3)n2)cc1OC(F)F. The van der Waals surface area contributed by atoms with Crippen molar-refractivity contribution in [3.63, 3.8) is 0 Å². The number of hydrogen-bond acceptors (Lipinski definition) is 6. The van der Waals surface area contributed by atoms with Gasteiger partial charge >= 0.3 is 6.61 Å². The van der Waals surface area contributed by atoms with Crippen molar-refractivity contribution in [2.24, 2.45) is 11.8 Å². The van der Waals surface area contributed by atoms with Crippen LogP contribution < -0.4 is 10.5 Å². The van der Waals surface area contributed by atoms with Gasteiger partial charge in [-0.25, -0.2) is 9.97 Å². The average Bonchev–Trinajstić information content (AvgIpc) is 3.18. The Kier molecular flexibility index (Phi) is 4.64. The number of nitrogen functional groups attached to an aromatic ring is 1. The molecule has 2 saturated heterocycles. The van der Waals surface area contributed by atoms with Crippen LogP contribution in [-0.2, 0) is 4.74 Å². The standard InChI is InChI=1S/C22H27F2N5O2/c23-22(24)31-18-5-13(6-26-20(18)25)17-9-29(21(27-17)12-3-1-2-4-12)19-15-7-28(8-16(15)19)14-10-30-11-14/h5-6,9,12,14-16,19,22H,1-4,7-8,10-11H2,(H2,25,26)/t15-,16+,19+. The smallest absolute Gasteiger partial charge is 0.387 e. The maximum atomic E-state index is 12.7. The van der Waals surface area contributed by atoms with Crippen LogP contribution in [0.3, 0.4) is 0 Å². The number of imidazole rings is 1. The van der Waals surface area contributed by atoms with E-state index in [4.69, 9.17) is 15.5 Å². The number of halogens is 2. The molecule has 2 aromatic heterocycles. The first-order valence-corrected chi connectivity index (χ1v) is 11.2. The lowest BCUT2D eigenvalue weighted by Crippen LogP contribution is -2.49. The Hall–Kier alpha value is -2.26. The average molecular weight is 431 g/mol. The van der Waals surface area contributed by atoms with Crippen molar-refractivity contribution in [2.75, 3.05) is 32.0 Å². The van der Waals surface area contributed by atoms with Crippen LogP contribution in [0, 0.1) is 11.8 Å². The first-order chi connectivity index (χ1) is 15.1. The Balaban J connectivity index is 1.29. The highest BCUT2D eigenvalue weighted by Gasteiger charge is 2.58. The minimum absolute atomic E-state index is 0.0451. The van der Waals surface area contributed by atoms with Gasteiger partial charge in [-0.3, -0.25) is 4.90 Å². The molecule has 2 aliphatic carbocycles. The summed E-state index contributed by atoms with van der Waals surface area (Å²) in [4.78, 5) is 11.6. The summed E-state index contributed by atoms with van der Waals surface area (Å²) >= 11 is 0. The number of pyridine rings is 1. The molecule has 4 heterocycles. The molecule has 7 nitrogen and oxygen atoms in total. The van der Waals surface area contributed by atoms with Gasteiger partial charge in [-0.1, -0.05) is 12.8 Å². The normalized spacial score (nSPS) is 28.8. The van der Waals surface area contributed by atoms with Gasteiger partial charge in [-0.2, -0.15) is 8.78 Å². The summed E-state index contributed by atoms with van der Waals surface area (Å²) in [5.41, 5.74) is 7.12. The van der Waals surface area contributed by atoms with Crippen LogP contribution in [0.4, 0.5) is 14.6 Å². The van der Waals surface area contributed by atoms with Crippen molar-refractivity contribution < 1.29 is 18.3 Å². The molecular weight excluding hydrogens is 404 g/mol. The number of fused-ring (bicyclic) bond motifs is 1. The van der Waals surface area contributed by atoms with E-state index in [1.165, 1.54) is 18.9 Å². The Morgan fingerprint density at radius 2 is 1.90 bits per heavy atom. The summed E-state index contributed by atoms with van der Waals surface area (Å²) in [7, 11) is 0. The molecule has 9 heteroatoms. The van der Waals surface area contributed by atoms with Crippen LogP contribution in [0.5, 0.6) is 5.75 Å². The monoisotopic (exact) mass is 431 g/mol. The second-order valence-corrected chi connectivity index (χ2v) is 9.32. The van der Waals surface area contributed by atoms with Crippen molar-refractivity contribution >= 4 is 5.82 Å². The molecule has 0 amide bonds. The molecule has 166 valence electrons. The molecule has 2 aromatic rings. The molecule has 0 aromatic carbocycles. The summed E-state index contributed by atoms with van der Waals surface area (Å²) in [6.45, 7) is 1.02. The minimum atomic E-state index is -2.94. The number of aromatic nitrogens is 3. The molecule has 6 rings (SSSR count). The van der Waals surface area contributed by atoms with Crippen LogP contribution in [0.2, 0.25) is 0 Å². The molecule has 2 saturated carbocycles. The topological polar surface area (TPSA) is 78.4 Å². The number of nitrogens with two attached hydrogens (primary N) is 1. The third-order valence-electron chi connectivity index (χ3n) is 7.51. The quantitative estimate of drug-likeness (QED) is 0.756. The highest BCUT2D eigenvalue weighted by Crippen LogP contribution is 2.57. The maximum absolute atomic E-state index is 12.7. The molecule has 31 heavy (non-hydrogen) atoms. The van der Waals surface area contributed by atoms with Crippen LogP contribution in [0.25, 0.3) is 11.3 Å². The minimum Gasteiger partial charge on any atom is -0.431 e. The lowest BCUT2D eigenvalue weighted by Gasteiger charge is -2.36. The molecule has 0 unspecified atom stereocenters. The van der Waals surface area contributed by atoms with E-state index in [9.17, 15) is 8.78 Å². The van der Waals surface area contributed by atoms with Gasteiger partial charge in [0.15, 0.2) is 11.6 Å². The van der Waals surface area contributed by atoms with Gasteiger partial charge in [0.05, 0.1) is 24.9 Å². The van der Waals surface area contributed by atoms with E-state index >= 15 is 0 Å². The summed E-state index contributed by atoms with van der Waals surface area (Å²) < 4.78 is 37.8. The third-order valence-corrected chi connectivity index (χ3v) is 7.51. The lowest BCUT2D eigenvalue weighted by molar-refractivity contribution is -0.0616. The van der Waals surface area contributed by atoms with Crippen molar-refractivity contribution in [3.05, 3.63) is 24.3 Å². The zero-order valence-electron chi connectivity index (χ0n) is 17.3. The second-order valence-electron chi connectivity index (χ2n) is 9.32. The summed E-state index contributed by atoms with van der Waals surface area (Å²) in [6, 6.07) is 2.59. The Labute approximate surface area is 179 Å². The Bertz CT molecular complexity index is 961. The van der Waals surface area contributed by atoms with Gasteiger partial charge in [-0.15, -0.1) is 0 Å². The van der Waals surface area contributed by atoms with Gasteiger partial charge in [0.25, 0.3) is 0 Å². The van der Waals surface area contributed by atoms with Crippen LogP contribution in [0.1, 0.15) is 43.5 Å². The maximum Gasteiger partial charge on any atom is 0.387 e. The number of anilines is 1. The van der Waals surface area contributed by atoms with Gasteiger partial charge < -0.3 is 19.8 Å². The van der Waals surface area contributed by atoms with Crippen molar-refractivity contribution in [2.45, 2.75) is 50.3 Å². The first-order valence-electron chi connectivity index (χ1n) is 11.2. The number of hydrogen-bond donors (Lipinski definition) is 1. The molecule has 0 radical (unpaired) electrons. The van der Waals surface area contributed by atoms with E-state index in [2.05, 4.69) is 25.4 Å². The van der Waals surface area contributed by atoms with Gasteiger partial charge in [0.2, 0.25) is 0 Å². The number of nitrogens with zero attached hydrogens (tertiary/aromatic N) is 4. The first kappa shape index (κ1) is 19.4. The Morgan fingerprint density at radius 3 is 2.55 bits per heavy atom. The third kappa shape index (κ3) is 3.38. The molecule has 0 bridgehead atoms. The van der Waals surface area contributed by atoms with E-state index in [-0.39, 0.29) is 11.6 Å². The van der Waals surface area contributed by atoms with Crippen LogP contribution >= 0.6 is 0 Å². The number of rotatable bonds is 6. The number of likely N-dealkylation sites (tertiary alicyclic amines) is 1. The molecule has 4 fully saturated rings. The summed E-state index contributed by atoms with van der Waals surface area (Å²) in [5, 5.41) is 0. The van der Waals surface area contributed by atoms with Gasteiger partial charge in [0.1, 0.15) is 5.82 Å². The van der Waals surface area contributed by atoms with E-state index in [1.54, 1.807) is 6.20 Å². The highest BCUT2D eigenvalue weighted by atomic mass is 19.3. The molecular formula is C22H27F2N5O2. The predicted molar refractivity (Wildman–Crippen MR) is 110 cm³/mol. The molecule has 2 N–H and O–H groups in total.